The smallest absolute Gasteiger partial charge is 0.234 e. The van der Waals surface area contributed by atoms with E-state index < -0.39 is 0 Å². The first-order chi connectivity index (χ1) is 13.7. The number of nitrogens with one attached hydrogen (secondary N) is 1. The highest BCUT2D eigenvalue weighted by atomic mass is 16.2. The largest absolute Gasteiger partial charge is 0.353 e. The van der Waals surface area contributed by atoms with Crippen molar-refractivity contribution in [3.63, 3.8) is 0 Å². The van der Waals surface area contributed by atoms with Gasteiger partial charge in [0.1, 0.15) is 0 Å². The summed E-state index contributed by atoms with van der Waals surface area (Å²) in [5.74, 6) is 0.0762. The number of nitrogens with zero attached hydrogens (tertiary/aromatic N) is 3. The van der Waals surface area contributed by atoms with E-state index in [4.69, 9.17) is 0 Å². The molecule has 1 aliphatic heterocycles. The van der Waals surface area contributed by atoms with E-state index in [0.29, 0.717) is 13.1 Å². The standard InChI is InChI=1S/C23H32N4O/c1-26(18-20-11-13-24-14-12-20)19-23(28)25-17-22(21-9-5-4-6-10-21)27-15-7-2-3-8-16-27/h4-6,9-14,22H,2-3,7-8,15-19H2,1H3,(H,25,28). The molecule has 5 heteroatoms. The molecule has 1 aromatic carbocycles. The molecule has 3 rings (SSSR count). The normalized spacial score (nSPS) is 16.5. The van der Waals surface area contributed by atoms with Gasteiger partial charge in [-0.25, -0.2) is 0 Å². The molecule has 1 aromatic heterocycles. The molecule has 5 nitrogen and oxygen atoms in total. The number of aromatic nitrogens is 1. The van der Waals surface area contributed by atoms with Crippen LogP contribution in [0.4, 0.5) is 0 Å². The van der Waals surface area contributed by atoms with Crippen LogP contribution in [0.15, 0.2) is 54.9 Å². The van der Waals surface area contributed by atoms with E-state index in [1.807, 2.05) is 24.1 Å². The van der Waals surface area contributed by atoms with Crippen LogP contribution in [0.25, 0.3) is 0 Å². The van der Waals surface area contributed by atoms with Gasteiger partial charge < -0.3 is 5.32 Å². The molecule has 1 aliphatic rings. The van der Waals surface area contributed by atoms with E-state index in [9.17, 15) is 4.79 Å². The van der Waals surface area contributed by atoms with Crippen LogP contribution in [0, 0.1) is 0 Å². The van der Waals surface area contributed by atoms with Crippen molar-refractivity contribution in [2.45, 2.75) is 38.3 Å². The lowest BCUT2D eigenvalue weighted by atomic mass is 10.0. The van der Waals surface area contributed by atoms with E-state index in [-0.39, 0.29) is 11.9 Å². The minimum absolute atomic E-state index is 0.0762. The lowest BCUT2D eigenvalue weighted by Crippen LogP contribution is -2.41. The molecule has 1 saturated heterocycles. The molecule has 2 heterocycles. The van der Waals surface area contributed by atoms with Crippen LogP contribution in [0.3, 0.4) is 0 Å². The third-order valence-electron chi connectivity index (χ3n) is 5.37. The van der Waals surface area contributed by atoms with Crippen molar-refractivity contribution in [1.29, 1.82) is 0 Å². The van der Waals surface area contributed by atoms with Gasteiger partial charge in [-0.3, -0.25) is 19.6 Å². The zero-order valence-electron chi connectivity index (χ0n) is 16.9. The summed E-state index contributed by atoms with van der Waals surface area (Å²) < 4.78 is 0. The van der Waals surface area contributed by atoms with E-state index in [0.717, 1.165) is 25.2 Å². The fraction of sp³-hybridized carbons (Fsp3) is 0.478. The van der Waals surface area contributed by atoms with Crippen molar-refractivity contribution in [2.75, 3.05) is 33.2 Å². The average molecular weight is 381 g/mol. The molecular formula is C23H32N4O. The van der Waals surface area contributed by atoms with Crippen LogP contribution in [0.5, 0.6) is 0 Å². The highest BCUT2D eigenvalue weighted by Gasteiger charge is 2.22. The SMILES string of the molecule is CN(CC(=O)NCC(c1ccccc1)N1CCCCCC1)Cc1ccncc1. The summed E-state index contributed by atoms with van der Waals surface area (Å²) in [7, 11) is 1.98. The number of likely N-dealkylation sites (N-methyl/N-ethyl adjacent to an activating group) is 1. The number of carbonyl (C=O) groups excluding carboxylic acids is 1. The molecule has 0 radical (unpaired) electrons. The van der Waals surface area contributed by atoms with Gasteiger partial charge in [-0.1, -0.05) is 43.2 Å². The van der Waals surface area contributed by atoms with Gasteiger partial charge in [0.2, 0.25) is 5.91 Å². The summed E-state index contributed by atoms with van der Waals surface area (Å²) in [6.45, 7) is 4.01. The van der Waals surface area contributed by atoms with E-state index in [1.165, 1.54) is 31.2 Å². The first-order valence-corrected chi connectivity index (χ1v) is 10.4. The maximum Gasteiger partial charge on any atom is 0.234 e. The summed E-state index contributed by atoms with van der Waals surface area (Å²) >= 11 is 0. The lowest BCUT2D eigenvalue weighted by molar-refractivity contribution is -0.122. The van der Waals surface area contributed by atoms with Gasteiger partial charge in [0.15, 0.2) is 0 Å². The highest BCUT2D eigenvalue weighted by Crippen LogP contribution is 2.23. The second-order valence-electron chi connectivity index (χ2n) is 7.71. The topological polar surface area (TPSA) is 48.5 Å². The first-order valence-electron chi connectivity index (χ1n) is 10.4. The molecule has 1 fully saturated rings. The lowest BCUT2D eigenvalue weighted by Gasteiger charge is -2.31. The van der Waals surface area contributed by atoms with Crippen molar-refractivity contribution < 1.29 is 4.79 Å². The number of rotatable bonds is 8. The van der Waals surface area contributed by atoms with E-state index in [2.05, 4.69) is 45.5 Å². The zero-order chi connectivity index (χ0) is 19.6. The Balaban J connectivity index is 1.55. The molecule has 1 unspecified atom stereocenters. The Morgan fingerprint density at radius 1 is 1.07 bits per heavy atom. The second kappa shape index (κ2) is 10.9. The number of carbonyl (C=O) groups is 1. The van der Waals surface area contributed by atoms with E-state index >= 15 is 0 Å². The van der Waals surface area contributed by atoms with Crippen LogP contribution < -0.4 is 5.32 Å². The highest BCUT2D eigenvalue weighted by molar-refractivity contribution is 5.78. The number of pyridine rings is 1. The number of amides is 1. The van der Waals surface area contributed by atoms with E-state index in [1.54, 1.807) is 12.4 Å². The molecule has 28 heavy (non-hydrogen) atoms. The van der Waals surface area contributed by atoms with Gasteiger partial charge in [0.25, 0.3) is 0 Å². The fourth-order valence-electron chi connectivity index (χ4n) is 3.91. The molecule has 0 saturated carbocycles. The maximum atomic E-state index is 12.5. The Labute approximate surface area is 168 Å². The van der Waals surface area contributed by atoms with Crippen LogP contribution in [0.2, 0.25) is 0 Å². The second-order valence-corrected chi connectivity index (χ2v) is 7.71. The zero-order valence-corrected chi connectivity index (χ0v) is 16.9. The summed E-state index contributed by atoms with van der Waals surface area (Å²) in [6, 6.07) is 14.8. The number of likely N-dealkylation sites (tertiary alicyclic amines) is 1. The van der Waals surface area contributed by atoms with Crippen LogP contribution in [-0.2, 0) is 11.3 Å². The Kier molecular flexibility index (Phi) is 8.00. The Bertz CT molecular complexity index is 699. The third kappa shape index (κ3) is 6.43. The summed E-state index contributed by atoms with van der Waals surface area (Å²) in [5, 5.41) is 3.18. The summed E-state index contributed by atoms with van der Waals surface area (Å²) in [4.78, 5) is 21.2. The fourth-order valence-corrected chi connectivity index (χ4v) is 3.91. The van der Waals surface area contributed by atoms with Gasteiger partial charge in [-0.15, -0.1) is 0 Å². The number of hydrogen-bond donors (Lipinski definition) is 1. The molecule has 1 atom stereocenters. The van der Waals surface area contributed by atoms with Crippen molar-refractivity contribution in [1.82, 2.24) is 20.1 Å². The molecule has 1 amide bonds. The number of benzene rings is 1. The Hall–Kier alpha value is -2.24. The van der Waals surface area contributed by atoms with Gasteiger partial charge in [-0.05, 0) is 56.2 Å². The van der Waals surface area contributed by atoms with Crippen molar-refractivity contribution >= 4 is 5.91 Å². The quantitative estimate of drug-likeness (QED) is 0.764. The van der Waals surface area contributed by atoms with Crippen molar-refractivity contribution in [2.24, 2.45) is 0 Å². The van der Waals surface area contributed by atoms with Crippen LogP contribution in [-0.4, -0.2) is 53.9 Å². The average Bonchev–Trinajstić information content (AvgIpc) is 2.99. The molecule has 0 bridgehead atoms. The van der Waals surface area contributed by atoms with Gasteiger partial charge in [-0.2, -0.15) is 0 Å². The molecule has 0 spiro atoms. The summed E-state index contributed by atoms with van der Waals surface area (Å²) in [6.07, 6.45) is 8.68. The minimum atomic E-state index is 0.0762. The third-order valence-corrected chi connectivity index (χ3v) is 5.37. The first kappa shape index (κ1) is 20.5. The maximum absolute atomic E-state index is 12.5. The van der Waals surface area contributed by atoms with Crippen molar-refractivity contribution in [3.05, 3.63) is 66.0 Å². The predicted octanol–water partition coefficient (Wildman–Crippen LogP) is 3.25. The van der Waals surface area contributed by atoms with Crippen LogP contribution in [0.1, 0.15) is 42.9 Å². The van der Waals surface area contributed by atoms with Gasteiger partial charge >= 0.3 is 0 Å². The molecule has 2 aromatic rings. The summed E-state index contributed by atoms with van der Waals surface area (Å²) in [5.41, 5.74) is 2.45. The Morgan fingerprint density at radius 2 is 1.75 bits per heavy atom. The number of hydrogen-bond acceptors (Lipinski definition) is 4. The molecular weight excluding hydrogens is 348 g/mol. The monoisotopic (exact) mass is 380 g/mol. The van der Waals surface area contributed by atoms with Crippen molar-refractivity contribution in [3.8, 4) is 0 Å². The van der Waals surface area contributed by atoms with Crippen LogP contribution >= 0.6 is 0 Å². The minimum Gasteiger partial charge on any atom is -0.353 e. The Morgan fingerprint density at radius 3 is 2.43 bits per heavy atom. The molecule has 1 N–H and O–H groups in total. The molecule has 0 aliphatic carbocycles. The van der Waals surface area contributed by atoms with Gasteiger partial charge in [0.05, 0.1) is 12.6 Å². The molecule has 150 valence electrons. The predicted molar refractivity (Wildman–Crippen MR) is 113 cm³/mol. The van der Waals surface area contributed by atoms with Gasteiger partial charge in [0, 0.05) is 25.5 Å².